The molecule has 0 aliphatic rings. The number of carbonyl (C=O) groups is 2. The third-order valence-electron chi connectivity index (χ3n) is 3.24. The fraction of sp³-hybridized carbons (Fsp3) is 0.312. The summed E-state index contributed by atoms with van der Waals surface area (Å²) in [7, 11) is 0. The van der Waals surface area contributed by atoms with Gasteiger partial charge in [0.2, 0.25) is 5.75 Å². The Bertz CT molecular complexity index is 775. The van der Waals surface area contributed by atoms with Crippen LogP contribution in [-0.4, -0.2) is 39.9 Å². The summed E-state index contributed by atoms with van der Waals surface area (Å²) >= 11 is 0. The van der Waals surface area contributed by atoms with Crippen molar-refractivity contribution in [2.75, 3.05) is 13.1 Å². The van der Waals surface area contributed by atoms with Crippen molar-refractivity contribution in [1.29, 1.82) is 5.26 Å². The summed E-state index contributed by atoms with van der Waals surface area (Å²) < 4.78 is 4.74. The Morgan fingerprint density at radius 3 is 2.44 bits per heavy atom. The molecule has 0 aliphatic heterocycles. The van der Waals surface area contributed by atoms with Crippen LogP contribution >= 0.6 is 0 Å². The minimum atomic E-state index is -0.863. The Labute approximate surface area is 143 Å². The first-order valence-corrected chi connectivity index (χ1v) is 7.35. The van der Waals surface area contributed by atoms with E-state index < -0.39 is 34.0 Å². The van der Waals surface area contributed by atoms with E-state index in [9.17, 15) is 30.1 Å². The van der Waals surface area contributed by atoms with Gasteiger partial charge < -0.3 is 14.7 Å². The number of nitrogens with zero attached hydrogens (tertiary/aromatic N) is 3. The summed E-state index contributed by atoms with van der Waals surface area (Å²) in [6.07, 6.45) is 1.14. The van der Waals surface area contributed by atoms with E-state index in [-0.39, 0.29) is 11.1 Å². The summed E-state index contributed by atoms with van der Waals surface area (Å²) in [4.78, 5) is 34.9. The maximum Gasteiger partial charge on any atom is 0.315 e. The molecule has 0 unspecified atom stereocenters. The maximum absolute atomic E-state index is 12.3. The molecule has 9 nitrogen and oxygen atoms in total. The van der Waals surface area contributed by atoms with Gasteiger partial charge in [-0.3, -0.25) is 19.7 Å². The molecule has 0 aliphatic carbocycles. The fourth-order valence-corrected chi connectivity index (χ4v) is 2.06. The van der Waals surface area contributed by atoms with Gasteiger partial charge in [0.1, 0.15) is 11.6 Å². The standard InChI is InChI=1S/C16H17N3O6/c1-4-18(5-2)16(22)12(9-17)6-11-7-13(19(23)24)15(21)14(8-11)25-10(3)20/h6-8,21H,4-5H2,1-3H3/b12-6+. The number of phenolic OH excluding ortho intramolecular Hbond substituents is 1. The molecule has 1 rings (SSSR count). The smallest absolute Gasteiger partial charge is 0.315 e. The molecule has 132 valence electrons. The molecule has 0 heterocycles. The van der Waals surface area contributed by atoms with E-state index in [1.54, 1.807) is 19.9 Å². The number of nitro benzene ring substituents is 1. The summed E-state index contributed by atoms with van der Waals surface area (Å²) in [5, 5.41) is 30.1. The Morgan fingerprint density at radius 1 is 1.40 bits per heavy atom. The Hall–Kier alpha value is -3.41. The highest BCUT2D eigenvalue weighted by Crippen LogP contribution is 2.37. The average Bonchev–Trinajstić information content (AvgIpc) is 2.55. The van der Waals surface area contributed by atoms with Crippen LogP contribution < -0.4 is 4.74 Å². The number of hydrogen-bond donors (Lipinski definition) is 1. The third-order valence-corrected chi connectivity index (χ3v) is 3.24. The second kappa shape index (κ2) is 8.44. The van der Waals surface area contributed by atoms with Gasteiger partial charge in [-0.05, 0) is 31.6 Å². The van der Waals surface area contributed by atoms with E-state index in [0.717, 1.165) is 25.1 Å². The zero-order chi connectivity index (χ0) is 19.1. The first-order chi connectivity index (χ1) is 11.7. The van der Waals surface area contributed by atoms with Gasteiger partial charge in [-0.1, -0.05) is 0 Å². The normalized spacial score (nSPS) is 10.7. The molecule has 1 aromatic rings. The van der Waals surface area contributed by atoms with Gasteiger partial charge in [0.15, 0.2) is 5.75 Å². The highest BCUT2D eigenvalue weighted by atomic mass is 16.6. The number of phenols is 1. The molecule has 0 spiro atoms. The maximum atomic E-state index is 12.3. The molecule has 0 aromatic heterocycles. The minimum Gasteiger partial charge on any atom is -0.499 e. The number of ether oxygens (including phenoxy) is 1. The Kier molecular flexibility index (Phi) is 6.63. The number of carbonyl (C=O) groups excluding carboxylic acids is 2. The van der Waals surface area contributed by atoms with Crippen LogP contribution in [0.4, 0.5) is 5.69 Å². The average molecular weight is 347 g/mol. The quantitative estimate of drug-likeness (QED) is 0.208. The Balaban J connectivity index is 3.47. The molecule has 25 heavy (non-hydrogen) atoms. The summed E-state index contributed by atoms with van der Waals surface area (Å²) in [5.74, 6) is -2.56. The summed E-state index contributed by atoms with van der Waals surface area (Å²) in [6, 6.07) is 3.87. The zero-order valence-corrected chi connectivity index (χ0v) is 14.0. The number of benzene rings is 1. The molecule has 0 saturated carbocycles. The number of hydrogen-bond acceptors (Lipinski definition) is 7. The predicted molar refractivity (Wildman–Crippen MR) is 87.6 cm³/mol. The van der Waals surface area contributed by atoms with Crippen LogP contribution in [0.1, 0.15) is 26.3 Å². The van der Waals surface area contributed by atoms with Crippen molar-refractivity contribution in [3.8, 4) is 17.6 Å². The van der Waals surface area contributed by atoms with E-state index in [0.29, 0.717) is 13.1 Å². The van der Waals surface area contributed by atoms with Crippen molar-refractivity contribution >= 4 is 23.6 Å². The topological polar surface area (TPSA) is 134 Å². The molecule has 1 N–H and O–H groups in total. The fourth-order valence-electron chi connectivity index (χ4n) is 2.06. The lowest BCUT2D eigenvalue weighted by molar-refractivity contribution is -0.385. The number of rotatable bonds is 6. The lowest BCUT2D eigenvalue weighted by Gasteiger charge is -2.17. The zero-order valence-electron chi connectivity index (χ0n) is 14.0. The molecule has 1 amide bonds. The van der Waals surface area contributed by atoms with Crippen molar-refractivity contribution in [3.05, 3.63) is 33.4 Å². The van der Waals surface area contributed by atoms with Crippen molar-refractivity contribution in [2.45, 2.75) is 20.8 Å². The first kappa shape index (κ1) is 19.6. The van der Waals surface area contributed by atoms with Crippen LogP contribution in [0.15, 0.2) is 17.7 Å². The van der Waals surface area contributed by atoms with Crippen LogP contribution in [0.5, 0.6) is 11.5 Å². The number of esters is 1. The van der Waals surface area contributed by atoms with Gasteiger partial charge in [0.25, 0.3) is 5.91 Å². The van der Waals surface area contributed by atoms with Gasteiger partial charge in [0, 0.05) is 26.1 Å². The largest absolute Gasteiger partial charge is 0.499 e. The van der Waals surface area contributed by atoms with Crippen molar-refractivity contribution in [3.63, 3.8) is 0 Å². The highest BCUT2D eigenvalue weighted by Gasteiger charge is 2.22. The van der Waals surface area contributed by atoms with Gasteiger partial charge in [0.05, 0.1) is 4.92 Å². The van der Waals surface area contributed by atoms with Crippen molar-refractivity contribution < 1.29 is 24.4 Å². The van der Waals surface area contributed by atoms with Crippen molar-refractivity contribution in [1.82, 2.24) is 4.90 Å². The van der Waals surface area contributed by atoms with Crippen LogP contribution in [0.2, 0.25) is 0 Å². The van der Waals surface area contributed by atoms with Gasteiger partial charge in [-0.2, -0.15) is 5.26 Å². The van der Waals surface area contributed by atoms with Gasteiger partial charge in [-0.15, -0.1) is 0 Å². The molecular weight excluding hydrogens is 330 g/mol. The molecule has 9 heteroatoms. The van der Waals surface area contributed by atoms with E-state index in [1.165, 1.54) is 4.90 Å². The van der Waals surface area contributed by atoms with Crippen molar-refractivity contribution in [2.24, 2.45) is 0 Å². The molecule has 0 atom stereocenters. The Morgan fingerprint density at radius 2 is 2.00 bits per heavy atom. The SMILES string of the molecule is CCN(CC)C(=O)/C(C#N)=C/c1cc(OC(C)=O)c(O)c([N+](=O)[O-])c1. The monoisotopic (exact) mass is 347 g/mol. The molecule has 0 radical (unpaired) electrons. The number of likely N-dealkylation sites (N-methyl/N-ethyl adjacent to an activating group) is 1. The van der Waals surface area contributed by atoms with Crippen LogP contribution in [0.3, 0.4) is 0 Å². The molecule has 0 bridgehead atoms. The lowest BCUT2D eigenvalue weighted by Crippen LogP contribution is -2.31. The highest BCUT2D eigenvalue weighted by molar-refractivity contribution is 6.01. The van der Waals surface area contributed by atoms with Crippen LogP contribution in [0.25, 0.3) is 6.08 Å². The first-order valence-electron chi connectivity index (χ1n) is 7.35. The molecule has 0 saturated heterocycles. The third kappa shape index (κ3) is 4.78. The minimum absolute atomic E-state index is 0.0674. The number of nitro groups is 1. The van der Waals surface area contributed by atoms with E-state index in [4.69, 9.17) is 4.74 Å². The molecular formula is C16H17N3O6. The van der Waals surface area contributed by atoms with Gasteiger partial charge in [-0.25, -0.2) is 0 Å². The van der Waals surface area contributed by atoms with E-state index >= 15 is 0 Å². The number of nitriles is 1. The second-order valence-electron chi connectivity index (χ2n) is 4.88. The number of aromatic hydroxyl groups is 1. The van der Waals surface area contributed by atoms with Crippen LogP contribution in [-0.2, 0) is 9.59 Å². The van der Waals surface area contributed by atoms with E-state index in [1.807, 2.05) is 0 Å². The van der Waals surface area contributed by atoms with Crippen LogP contribution in [0, 0.1) is 21.4 Å². The molecule has 1 aromatic carbocycles. The lowest BCUT2D eigenvalue weighted by atomic mass is 10.1. The molecule has 0 fully saturated rings. The number of amides is 1. The predicted octanol–water partition coefficient (Wildman–Crippen LogP) is 2.00. The van der Waals surface area contributed by atoms with Gasteiger partial charge >= 0.3 is 11.7 Å². The second-order valence-corrected chi connectivity index (χ2v) is 4.88. The van der Waals surface area contributed by atoms with E-state index in [2.05, 4.69) is 0 Å². The summed E-state index contributed by atoms with van der Waals surface area (Å²) in [6.45, 7) is 5.35. The summed E-state index contributed by atoms with van der Waals surface area (Å²) in [5.41, 5.74) is -0.882.